The summed E-state index contributed by atoms with van der Waals surface area (Å²) in [7, 11) is 0. The highest BCUT2D eigenvalue weighted by molar-refractivity contribution is 7.11. The first-order chi connectivity index (χ1) is 10.2. The van der Waals surface area contributed by atoms with E-state index in [0.717, 1.165) is 11.4 Å². The number of hydrogen-bond donors (Lipinski definition) is 1. The van der Waals surface area contributed by atoms with Crippen LogP contribution in [-0.4, -0.2) is 20.7 Å². The first kappa shape index (κ1) is 15.2. The molecular formula is C16H22N4OS. The zero-order valence-corrected chi connectivity index (χ0v) is 14.3. The Morgan fingerprint density at radius 1 is 1.41 bits per heavy atom. The van der Waals surface area contributed by atoms with Gasteiger partial charge in [0, 0.05) is 16.5 Å². The molecule has 0 aliphatic heterocycles. The van der Waals surface area contributed by atoms with Gasteiger partial charge in [-0.3, -0.25) is 9.48 Å². The summed E-state index contributed by atoms with van der Waals surface area (Å²) in [5.74, 6) is -0.451. The number of amides is 1. The molecule has 118 valence electrons. The average molecular weight is 318 g/mol. The summed E-state index contributed by atoms with van der Waals surface area (Å²) in [6.07, 6.45) is 5.37. The number of aromatic nitrogens is 3. The molecule has 1 amide bonds. The minimum atomic E-state index is -0.451. The van der Waals surface area contributed by atoms with E-state index in [4.69, 9.17) is 10.7 Å². The number of thiazole rings is 1. The maximum Gasteiger partial charge on any atom is 0.251 e. The van der Waals surface area contributed by atoms with Crippen LogP contribution >= 0.6 is 11.3 Å². The van der Waals surface area contributed by atoms with Crippen LogP contribution in [0, 0.1) is 5.41 Å². The molecule has 1 aliphatic rings. The standard InChI is InChI=1S/C16H22N4OS/c1-15(2)5-11-13(16(3,4)9-15)22-12(19-11)8-20-7-10(6-18-20)14(17)21/h6-7H,5,8-9H2,1-4H3,(H2,17,21). The molecule has 22 heavy (non-hydrogen) atoms. The van der Waals surface area contributed by atoms with Crippen molar-refractivity contribution in [3.63, 3.8) is 0 Å². The van der Waals surface area contributed by atoms with E-state index < -0.39 is 5.91 Å². The molecule has 0 fully saturated rings. The van der Waals surface area contributed by atoms with E-state index in [0.29, 0.717) is 12.1 Å². The first-order valence-corrected chi connectivity index (χ1v) is 8.29. The van der Waals surface area contributed by atoms with Crippen molar-refractivity contribution >= 4 is 17.2 Å². The molecule has 2 N–H and O–H groups in total. The second-order valence-electron chi connectivity index (χ2n) is 7.58. The number of primary amides is 1. The summed E-state index contributed by atoms with van der Waals surface area (Å²) in [4.78, 5) is 17.4. The van der Waals surface area contributed by atoms with E-state index >= 15 is 0 Å². The minimum Gasteiger partial charge on any atom is -0.366 e. The third kappa shape index (κ3) is 2.79. The van der Waals surface area contributed by atoms with E-state index in [2.05, 4.69) is 32.8 Å². The van der Waals surface area contributed by atoms with Gasteiger partial charge in [-0.2, -0.15) is 5.10 Å². The largest absolute Gasteiger partial charge is 0.366 e. The van der Waals surface area contributed by atoms with Gasteiger partial charge >= 0.3 is 0 Å². The molecular weight excluding hydrogens is 296 g/mol. The Morgan fingerprint density at radius 3 is 2.77 bits per heavy atom. The normalized spacial score (nSPS) is 18.9. The van der Waals surface area contributed by atoms with Crippen molar-refractivity contribution in [2.45, 2.75) is 52.5 Å². The zero-order chi connectivity index (χ0) is 16.1. The topological polar surface area (TPSA) is 73.8 Å². The molecule has 0 aromatic carbocycles. The fourth-order valence-electron chi connectivity index (χ4n) is 3.63. The molecule has 1 aliphatic carbocycles. The Bertz CT molecular complexity index is 726. The molecule has 0 saturated carbocycles. The van der Waals surface area contributed by atoms with Crippen molar-refractivity contribution in [2.75, 3.05) is 0 Å². The molecule has 2 aromatic rings. The van der Waals surface area contributed by atoms with Gasteiger partial charge in [-0.25, -0.2) is 4.98 Å². The molecule has 0 radical (unpaired) electrons. The van der Waals surface area contributed by atoms with Crippen molar-refractivity contribution in [3.8, 4) is 0 Å². The predicted molar refractivity (Wildman–Crippen MR) is 87.1 cm³/mol. The van der Waals surface area contributed by atoms with Crippen LogP contribution in [0.3, 0.4) is 0 Å². The lowest BCUT2D eigenvalue weighted by Crippen LogP contribution is -2.33. The number of carbonyl (C=O) groups excluding carboxylic acids is 1. The Kier molecular flexibility index (Phi) is 3.40. The second-order valence-corrected chi connectivity index (χ2v) is 8.66. The van der Waals surface area contributed by atoms with Crippen LogP contribution in [0.5, 0.6) is 0 Å². The smallest absolute Gasteiger partial charge is 0.251 e. The summed E-state index contributed by atoms with van der Waals surface area (Å²) < 4.78 is 1.72. The van der Waals surface area contributed by atoms with E-state index in [1.165, 1.54) is 23.2 Å². The zero-order valence-electron chi connectivity index (χ0n) is 13.5. The van der Waals surface area contributed by atoms with Gasteiger partial charge in [-0.1, -0.05) is 27.7 Å². The Hall–Kier alpha value is -1.69. The van der Waals surface area contributed by atoms with Crippen LogP contribution in [0.2, 0.25) is 0 Å². The quantitative estimate of drug-likeness (QED) is 0.945. The van der Waals surface area contributed by atoms with Crippen molar-refractivity contribution in [1.82, 2.24) is 14.8 Å². The first-order valence-electron chi connectivity index (χ1n) is 7.48. The number of carbonyl (C=O) groups is 1. The molecule has 0 spiro atoms. The van der Waals surface area contributed by atoms with E-state index in [1.807, 2.05) is 0 Å². The highest BCUT2D eigenvalue weighted by atomic mass is 32.1. The molecule has 0 saturated heterocycles. The van der Waals surface area contributed by atoms with Crippen molar-refractivity contribution in [3.05, 3.63) is 33.5 Å². The Morgan fingerprint density at radius 2 is 2.14 bits per heavy atom. The third-order valence-corrected chi connectivity index (χ3v) is 5.59. The van der Waals surface area contributed by atoms with Gasteiger partial charge in [0.25, 0.3) is 5.91 Å². The molecule has 0 bridgehead atoms. The molecule has 6 heteroatoms. The summed E-state index contributed by atoms with van der Waals surface area (Å²) in [5, 5.41) is 5.22. The summed E-state index contributed by atoms with van der Waals surface area (Å²) in [6.45, 7) is 9.80. The molecule has 2 aromatic heterocycles. The van der Waals surface area contributed by atoms with E-state index in [9.17, 15) is 4.79 Å². The van der Waals surface area contributed by atoms with Gasteiger partial charge in [0.1, 0.15) is 5.01 Å². The Labute approximate surface area is 134 Å². The van der Waals surface area contributed by atoms with Gasteiger partial charge in [-0.15, -0.1) is 11.3 Å². The monoisotopic (exact) mass is 318 g/mol. The van der Waals surface area contributed by atoms with Crippen LogP contribution in [-0.2, 0) is 18.4 Å². The summed E-state index contributed by atoms with van der Waals surface area (Å²) >= 11 is 1.77. The molecule has 5 nitrogen and oxygen atoms in total. The van der Waals surface area contributed by atoms with Crippen molar-refractivity contribution in [2.24, 2.45) is 11.1 Å². The van der Waals surface area contributed by atoms with Crippen molar-refractivity contribution < 1.29 is 4.79 Å². The van der Waals surface area contributed by atoms with E-state index in [-0.39, 0.29) is 10.8 Å². The predicted octanol–water partition coefficient (Wildman–Crippen LogP) is 2.74. The molecule has 2 heterocycles. The third-order valence-electron chi connectivity index (χ3n) is 4.14. The van der Waals surface area contributed by atoms with Crippen LogP contribution in [0.4, 0.5) is 0 Å². The van der Waals surface area contributed by atoms with Crippen molar-refractivity contribution in [1.29, 1.82) is 0 Å². The lowest BCUT2D eigenvalue weighted by molar-refractivity contribution is 0.1000. The molecule has 0 unspecified atom stereocenters. The van der Waals surface area contributed by atoms with Gasteiger partial charge in [0.15, 0.2) is 0 Å². The van der Waals surface area contributed by atoms with Gasteiger partial charge in [0.05, 0.1) is 24.0 Å². The van der Waals surface area contributed by atoms with Crippen LogP contribution in [0.15, 0.2) is 12.4 Å². The van der Waals surface area contributed by atoms with E-state index in [1.54, 1.807) is 22.2 Å². The molecule has 0 atom stereocenters. The second kappa shape index (κ2) is 4.91. The highest BCUT2D eigenvalue weighted by Gasteiger charge is 2.39. The number of rotatable bonds is 3. The average Bonchev–Trinajstić information content (AvgIpc) is 2.94. The number of hydrogen-bond acceptors (Lipinski definition) is 4. The summed E-state index contributed by atoms with van der Waals surface area (Å²) in [6, 6.07) is 0. The van der Waals surface area contributed by atoms with Crippen LogP contribution in [0.1, 0.15) is 60.1 Å². The maximum absolute atomic E-state index is 11.1. The molecule has 3 rings (SSSR count). The minimum absolute atomic E-state index is 0.162. The SMILES string of the molecule is CC1(C)Cc2nc(Cn3cc(C(N)=O)cn3)sc2C(C)(C)C1. The van der Waals surface area contributed by atoms with Crippen LogP contribution < -0.4 is 5.73 Å². The highest BCUT2D eigenvalue weighted by Crippen LogP contribution is 2.47. The number of nitrogens with two attached hydrogens (primary N) is 1. The fourth-order valence-corrected chi connectivity index (χ4v) is 4.80. The fraction of sp³-hybridized carbons (Fsp3) is 0.562. The number of fused-ring (bicyclic) bond motifs is 1. The lowest BCUT2D eigenvalue weighted by atomic mass is 9.67. The Balaban J connectivity index is 1.88. The van der Waals surface area contributed by atoms with Gasteiger partial charge < -0.3 is 5.73 Å². The van der Waals surface area contributed by atoms with Crippen LogP contribution in [0.25, 0.3) is 0 Å². The maximum atomic E-state index is 11.1. The van der Waals surface area contributed by atoms with Gasteiger partial charge in [0.2, 0.25) is 0 Å². The lowest BCUT2D eigenvalue weighted by Gasteiger charge is -2.39. The summed E-state index contributed by atoms with van der Waals surface area (Å²) in [5.41, 5.74) is 7.37. The van der Waals surface area contributed by atoms with Gasteiger partial charge in [-0.05, 0) is 18.3 Å². The number of nitrogens with zero attached hydrogens (tertiary/aromatic N) is 3.